The first-order valence-electron chi connectivity index (χ1n) is 5.84. The number of hydrogen-bond donors (Lipinski definition) is 2. The summed E-state index contributed by atoms with van der Waals surface area (Å²) < 4.78 is 5.27. The molecular formula is C14H15NO3S. The zero-order chi connectivity index (χ0) is 13.7. The Morgan fingerprint density at radius 3 is 2.84 bits per heavy atom. The normalized spacial score (nSPS) is 10.4. The Hall–Kier alpha value is -1.85. The highest BCUT2D eigenvalue weighted by atomic mass is 32.1. The highest BCUT2D eigenvalue weighted by Gasteiger charge is 2.06. The molecule has 0 atom stereocenters. The monoisotopic (exact) mass is 277 g/mol. The third kappa shape index (κ3) is 3.56. The Balaban J connectivity index is 1.90. The van der Waals surface area contributed by atoms with Gasteiger partial charge in [0, 0.05) is 28.9 Å². The second-order valence-corrected chi connectivity index (χ2v) is 5.02. The summed E-state index contributed by atoms with van der Waals surface area (Å²) in [6, 6.07) is 9.52. The first kappa shape index (κ1) is 13.6. The molecule has 1 aromatic heterocycles. The van der Waals surface area contributed by atoms with Crippen molar-refractivity contribution in [1.82, 2.24) is 5.32 Å². The van der Waals surface area contributed by atoms with Crippen molar-refractivity contribution in [2.75, 3.05) is 7.11 Å². The molecule has 2 aromatic rings. The average Bonchev–Trinajstić information content (AvgIpc) is 2.88. The molecule has 0 amide bonds. The Kier molecular flexibility index (Phi) is 4.54. The van der Waals surface area contributed by atoms with Crippen molar-refractivity contribution in [2.24, 2.45) is 0 Å². The summed E-state index contributed by atoms with van der Waals surface area (Å²) in [6.07, 6.45) is 0. The molecule has 0 unspecified atom stereocenters. The number of nitrogens with one attached hydrogen (secondary N) is 1. The fraction of sp³-hybridized carbons (Fsp3) is 0.214. The highest BCUT2D eigenvalue weighted by molar-refractivity contribution is 7.10. The lowest BCUT2D eigenvalue weighted by molar-refractivity contribution is 0.0697. The molecule has 0 saturated heterocycles. The largest absolute Gasteiger partial charge is 0.496 e. The molecule has 0 fully saturated rings. The molecule has 4 nitrogen and oxygen atoms in total. The first-order chi connectivity index (χ1) is 9.20. The van der Waals surface area contributed by atoms with E-state index in [0.29, 0.717) is 18.7 Å². The smallest absolute Gasteiger partial charge is 0.336 e. The van der Waals surface area contributed by atoms with E-state index in [4.69, 9.17) is 9.84 Å². The van der Waals surface area contributed by atoms with Crippen LogP contribution in [-0.2, 0) is 13.1 Å². The third-order valence-electron chi connectivity index (χ3n) is 2.71. The number of hydrogen-bond acceptors (Lipinski definition) is 4. The summed E-state index contributed by atoms with van der Waals surface area (Å²) in [6.45, 7) is 1.33. The molecule has 0 radical (unpaired) electrons. The molecular weight excluding hydrogens is 262 g/mol. The van der Waals surface area contributed by atoms with Crippen LogP contribution in [0, 0.1) is 0 Å². The van der Waals surface area contributed by atoms with Gasteiger partial charge in [-0.15, -0.1) is 11.3 Å². The van der Waals surface area contributed by atoms with Crippen molar-refractivity contribution < 1.29 is 14.6 Å². The minimum atomic E-state index is -0.882. The standard InChI is InChI=1S/C14H15NO3S/c1-18-13-5-3-2-4-10(13)7-15-8-12-6-11(9-19-12)14(16)17/h2-6,9,15H,7-8H2,1H3,(H,16,17). The SMILES string of the molecule is COc1ccccc1CNCc1cc(C(=O)O)cs1. The molecule has 0 bridgehead atoms. The van der Waals surface area contributed by atoms with E-state index in [1.165, 1.54) is 11.3 Å². The Morgan fingerprint density at radius 2 is 2.16 bits per heavy atom. The number of benzene rings is 1. The van der Waals surface area contributed by atoms with Gasteiger partial charge < -0.3 is 15.2 Å². The van der Waals surface area contributed by atoms with Crippen LogP contribution < -0.4 is 10.1 Å². The van der Waals surface area contributed by atoms with Crippen LogP contribution in [0.3, 0.4) is 0 Å². The van der Waals surface area contributed by atoms with E-state index in [2.05, 4.69) is 5.32 Å². The van der Waals surface area contributed by atoms with Crippen molar-refractivity contribution in [1.29, 1.82) is 0 Å². The zero-order valence-corrected chi connectivity index (χ0v) is 11.4. The average molecular weight is 277 g/mol. The molecule has 100 valence electrons. The van der Waals surface area contributed by atoms with Gasteiger partial charge in [0.1, 0.15) is 5.75 Å². The number of carboxylic acid groups (broad SMARTS) is 1. The van der Waals surface area contributed by atoms with Crippen molar-refractivity contribution in [3.63, 3.8) is 0 Å². The van der Waals surface area contributed by atoms with Gasteiger partial charge in [-0.05, 0) is 12.1 Å². The Morgan fingerprint density at radius 1 is 1.37 bits per heavy atom. The van der Waals surface area contributed by atoms with Gasteiger partial charge in [-0.2, -0.15) is 0 Å². The summed E-state index contributed by atoms with van der Waals surface area (Å²) in [5, 5.41) is 13.8. The number of ether oxygens (including phenoxy) is 1. The predicted octanol–water partition coefficient (Wildman–Crippen LogP) is 2.74. The lowest BCUT2D eigenvalue weighted by Gasteiger charge is -2.08. The van der Waals surface area contributed by atoms with Crippen LogP contribution in [0.5, 0.6) is 5.75 Å². The second-order valence-electron chi connectivity index (χ2n) is 4.02. The summed E-state index contributed by atoms with van der Waals surface area (Å²) in [5.41, 5.74) is 1.43. The molecule has 1 heterocycles. The van der Waals surface area contributed by atoms with Gasteiger partial charge in [-0.3, -0.25) is 0 Å². The lowest BCUT2D eigenvalue weighted by atomic mass is 10.2. The van der Waals surface area contributed by atoms with E-state index in [9.17, 15) is 4.79 Å². The van der Waals surface area contributed by atoms with Crippen molar-refractivity contribution in [3.05, 3.63) is 51.7 Å². The molecule has 0 aliphatic carbocycles. The summed E-state index contributed by atoms with van der Waals surface area (Å²) >= 11 is 1.45. The number of carboxylic acids is 1. The molecule has 19 heavy (non-hydrogen) atoms. The van der Waals surface area contributed by atoms with Crippen LogP contribution >= 0.6 is 11.3 Å². The van der Waals surface area contributed by atoms with Gasteiger partial charge in [-0.25, -0.2) is 4.79 Å². The first-order valence-corrected chi connectivity index (χ1v) is 6.72. The predicted molar refractivity (Wildman–Crippen MR) is 74.8 cm³/mol. The van der Waals surface area contributed by atoms with Crippen LogP contribution in [0.2, 0.25) is 0 Å². The molecule has 2 N–H and O–H groups in total. The van der Waals surface area contributed by atoms with Crippen molar-refractivity contribution >= 4 is 17.3 Å². The van der Waals surface area contributed by atoms with Gasteiger partial charge in [-0.1, -0.05) is 18.2 Å². The van der Waals surface area contributed by atoms with Gasteiger partial charge >= 0.3 is 5.97 Å². The maximum absolute atomic E-state index is 10.8. The molecule has 0 saturated carbocycles. The zero-order valence-electron chi connectivity index (χ0n) is 10.6. The molecule has 5 heteroatoms. The van der Waals surface area contributed by atoms with E-state index in [1.807, 2.05) is 24.3 Å². The number of rotatable bonds is 6. The number of methoxy groups -OCH3 is 1. The Labute approximate surface area is 115 Å². The van der Waals surface area contributed by atoms with E-state index >= 15 is 0 Å². The molecule has 0 aliphatic heterocycles. The summed E-state index contributed by atoms with van der Waals surface area (Å²) in [5.74, 6) is -0.0281. The van der Waals surface area contributed by atoms with Gasteiger partial charge in [0.05, 0.1) is 12.7 Å². The second kappa shape index (κ2) is 6.36. The van der Waals surface area contributed by atoms with E-state index < -0.39 is 5.97 Å². The fourth-order valence-electron chi connectivity index (χ4n) is 1.75. The summed E-state index contributed by atoms with van der Waals surface area (Å²) in [4.78, 5) is 11.8. The number of aromatic carboxylic acids is 1. The quantitative estimate of drug-likeness (QED) is 0.852. The maximum Gasteiger partial charge on any atom is 0.336 e. The summed E-state index contributed by atoms with van der Waals surface area (Å²) in [7, 11) is 1.65. The molecule has 0 aliphatic rings. The number of thiophene rings is 1. The van der Waals surface area contributed by atoms with Crippen LogP contribution in [0.1, 0.15) is 20.8 Å². The maximum atomic E-state index is 10.8. The van der Waals surface area contributed by atoms with Crippen molar-refractivity contribution in [2.45, 2.75) is 13.1 Å². The highest BCUT2D eigenvalue weighted by Crippen LogP contribution is 2.18. The van der Waals surface area contributed by atoms with E-state index in [-0.39, 0.29) is 0 Å². The van der Waals surface area contributed by atoms with Crippen LogP contribution in [0.15, 0.2) is 35.7 Å². The van der Waals surface area contributed by atoms with Gasteiger partial charge in [0.2, 0.25) is 0 Å². The number of para-hydroxylation sites is 1. The minimum absolute atomic E-state index is 0.346. The van der Waals surface area contributed by atoms with E-state index in [0.717, 1.165) is 16.2 Å². The molecule has 0 spiro atoms. The molecule has 2 rings (SSSR count). The fourth-order valence-corrected chi connectivity index (χ4v) is 2.58. The molecule has 1 aromatic carbocycles. The minimum Gasteiger partial charge on any atom is -0.496 e. The lowest BCUT2D eigenvalue weighted by Crippen LogP contribution is -2.12. The number of carbonyl (C=O) groups is 1. The van der Waals surface area contributed by atoms with Crippen LogP contribution in [0.4, 0.5) is 0 Å². The van der Waals surface area contributed by atoms with E-state index in [1.54, 1.807) is 18.6 Å². The third-order valence-corrected chi connectivity index (χ3v) is 3.64. The van der Waals surface area contributed by atoms with Crippen LogP contribution in [0.25, 0.3) is 0 Å². The van der Waals surface area contributed by atoms with Gasteiger partial charge in [0.15, 0.2) is 0 Å². The Bertz CT molecular complexity index is 565. The topological polar surface area (TPSA) is 58.6 Å². The van der Waals surface area contributed by atoms with Crippen molar-refractivity contribution in [3.8, 4) is 5.75 Å². The van der Waals surface area contributed by atoms with Crippen LogP contribution in [-0.4, -0.2) is 18.2 Å². The van der Waals surface area contributed by atoms with Gasteiger partial charge in [0.25, 0.3) is 0 Å².